The summed E-state index contributed by atoms with van der Waals surface area (Å²) < 4.78 is 38.6. The van der Waals surface area contributed by atoms with Gasteiger partial charge in [0.15, 0.2) is 5.69 Å². The van der Waals surface area contributed by atoms with Gasteiger partial charge in [-0.05, 0) is 20.8 Å². The average molecular weight is 330 g/mol. The number of nitrogens with one attached hydrogen (secondary N) is 1. The van der Waals surface area contributed by atoms with Crippen LogP contribution in [0.2, 0.25) is 0 Å². The number of aryl methyl sites for hydroxylation is 1. The molecule has 1 N–H and O–H groups in total. The Morgan fingerprint density at radius 1 is 1.30 bits per heavy atom. The van der Waals surface area contributed by atoms with Crippen LogP contribution in [-0.4, -0.2) is 35.1 Å². The van der Waals surface area contributed by atoms with Gasteiger partial charge in [0.2, 0.25) is 0 Å². The standard InChI is InChI=1S/C12H18F3N3S.ClH/c1-7-4-18(5-8(2)16-7)6-10-11(12(13,14)15)17-9(3)19-10;/h7-8,16H,4-6H2,1-3H3;1H. The fourth-order valence-corrected chi connectivity index (χ4v) is 3.57. The molecule has 1 aliphatic heterocycles. The zero-order valence-electron chi connectivity index (χ0n) is 11.6. The lowest BCUT2D eigenvalue weighted by Crippen LogP contribution is -2.53. The van der Waals surface area contributed by atoms with Gasteiger partial charge in [0.25, 0.3) is 0 Å². The maximum Gasteiger partial charge on any atom is 0.434 e. The Hall–Kier alpha value is -0.370. The minimum atomic E-state index is -4.36. The van der Waals surface area contributed by atoms with Crippen LogP contribution in [-0.2, 0) is 12.7 Å². The van der Waals surface area contributed by atoms with E-state index in [-0.39, 0.29) is 12.4 Å². The van der Waals surface area contributed by atoms with Gasteiger partial charge in [0, 0.05) is 31.7 Å². The highest BCUT2D eigenvalue weighted by molar-refractivity contribution is 7.11. The monoisotopic (exact) mass is 329 g/mol. The summed E-state index contributed by atoms with van der Waals surface area (Å²) in [6.07, 6.45) is -4.36. The summed E-state index contributed by atoms with van der Waals surface area (Å²) in [5, 5.41) is 3.84. The second-order valence-electron chi connectivity index (χ2n) is 5.17. The van der Waals surface area contributed by atoms with E-state index in [1.54, 1.807) is 6.92 Å². The molecule has 0 spiro atoms. The molecule has 0 radical (unpaired) electrons. The number of aromatic nitrogens is 1. The molecule has 1 saturated heterocycles. The molecule has 1 fully saturated rings. The summed E-state index contributed by atoms with van der Waals surface area (Å²) in [6.45, 7) is 7.57. The van der Waals surface area contributed by atoms with E-state index in [4.69, 9.17) is 0 Å². The summed E-state index contributed by atoms with van der Waals surface area (Å²) in [5.41, 5.74) is -0.714. The first-order valence-corrected chi connectivity index (χ1v) is 7.09. The molecule has 0 saturated carbocycles. The van der Waals surface area contributed by atoms with Gasteiger partial charge in [-0.15, -0.1) is 23.7 Å². The van der Waals surface area contributed by atoms with Crippen LogP contribution in [0.25, 0.3) is 0 Å². The van der Waals surface area contributed by atoms with Crippen LogP contribution >= 0.6 is 23.7 Å². The first kappa shape index (κ1) is 17.7. The van der Waals surface area contributed by atoms with Gasteiger partial charge in [-0.3, -0.25) is 4.90 Å². The number of piperazine rings is 1. The third-order valence-corrected chi connectivity index (χ3v) is 4.03. The van der Waals surface area contributed by atoms with Crippen LogP contribution < -0.4 is 5.32 Å². The van der Waals surface area contributed by atoms with E-state index in [9.17, 15) is 13.2 Å². The molecule has 1 aromatic rings. The lowest BCUT2D eigenvalue weighted by Gasteiger charge is -2.36. The number of rotatable bonds is 2. The maximum atomic E-state index is 12.9. The third-order valence-electron chi connectivity index (χ3n) is 3.07. The van der Waals surface area contributed by atoms with Crippen molar-refractivity contribution >= 4 is 23.7 Å². The van der Waals surface area contributed by atoms with E-state index >= 15 is 0 Å². The van der Waals surface area contributed by atoms with Gasteiger partial charge >= 0.3 is 6.18 Å². The second kappa shape index (κ2) is 6.60. The molecule has 1 aliphatic rings. The van der Waals surface area contributed by atoms with Crippen molar-refractivity contribution in [3.8, 4) is 0 Å². The number of alkyl halides is 3. The quantitative estimate of drug-likeness (QED) is 0.904. The highest BCUT2D eigenvalue weighted by Gasteiger charge is 2.37. The van der Waals surface area contributed by atoms with Crippen molar-refractivity contribution in [2.45, 2.75) is 45.6 Å². The lowest BCUT2D eigenvalue weighted by atomic mass is 10.1. The van der Waals surface area contributed by atoms with Crippen LogP contribution in [0, 0.1) is 6.92 Å². The van der Waals surface area contributed by atoms with E-state index in [1.165, 1.54) is 0 Å². The average Bonchev–Trinajstić information content (AvgIpc) is 2.57. The van der Waals surface area contributed by atoms with Crippen molar-refractivity contribution in [1.29, 1.82) is 0 Å². The van der Waals surface area contributed by atoms with E-state index in [1.807, 2.05) is 13.8 Å². The molecule has 0 aliphatic carbocycles. The Bertz CT molecular complexity index is 440. The predicted molar refractivity (Wildman–Crippen MR) is 76.4 cm³/mol. The van der Waals surface area contributed by atoms with Gasteiger partial charge < -0.3 is 5.32 Å². The van der Waals surface area contributed by atoms with Gasteiger partial charge in [0.1, 0.15) is 0 Å². The van der Waals surface area contributed by atoms with Crippen LogP contribution in [0.3, 0.4) is 0 Å². The first-order valence-electron chi connectivity index (χ1n) is 6.27. The summed E-state index contributed by atoms with van der Waals surface area (Å²) in [6, 6.07) is 0.596. The van der Waals surface area contributed by atoms with Crippen LogP contribution in [0.5, 0.6) is 0 Å². The lowest BCUT2D eigenvalue weighted by molar-refractivity contribution is -0.141. The zero-order valence-corrected chi connectivity index (χ0v) is 13.3. The maximum absolute atomic E-state index is 12.9. The minimum absolute atomic E-state index is 0. The van der Waals surface area contributed by atoms with Gasteiger partial charge in [-0.25, -0.2) is 4.98 Å². The molecule has 1 aromatic heterocycles. The van der Waals surface area contributed by atoms with E-state index < -0.39 is 11.9 Å². The fraction of sp³-hybridized carbons (Fsp3) is 0.750. The Morgan fingerprint density at radius 2 is 1.85 bits per heavy atom. The van der Waals surface area contributed by atoms with Crippen molar-refractivity contribution in [1.82, 2.24) is 15.2 Å². The highest BCUT2D eigenvalue weighted by Crippen LogP contribution is 2.35. The smallest absolute Gasteiger partial charge is 0.309 e. The molecule has 2 heterocycles. The Balaban J connectivity index is 0.00000200. The second-order valence-corrected chi connectivity index (χ2v) is 6.45. The summed E-state index contributed by atoms with van der Waals surface area (Å²) >= 11 is 1.14. The molecule has 0 aromatic carbocycles. The van der Waals surface area contributed by atoms with Crippen molar-refractivity contribution in [3.63, 3.8) is 0 Å². The minimum Gasteiger partial charge on any atom is -0.309 e. The normalized spacial score (nSPS) is 24.5. The van der Waals surface area contributed by atoms with Crippen molar-refractivity contribution in [3.05, 3.63) is 15.6 Å². The summed E-state index contributed by atoms with van der Waals surface area (Å²) in [5.74, 6) is 0. The van der Waals surface area contributed by atoms with E-state index in [0.717, 1.165) is 24.4 Å². The number of hydrogen-bond donors (Lipinski definition) is 1. The van der Waals surface area contributed by atoms with Crippen molar-refractivity contribution in [2.24, 2.45) is 0 Å². The van der Waals surface area contributed by atoms with Crippen LogP contribution in [0.15, 0.2) is 0 Å². The molecule has 20 heavy (non-hydrogen) atoms. The molecule has 2 unspecified atom stereocenters. The molecule has 0 bridgehead atoms. The van der Waals surface area contributed by atoms with Gasteiger partial charge in [-0.2, -0.15) is 13.2 Å². The number of hydrogen-bond acceptors (Lipinski definition) is 4. The Kier molecular flexibility index (Phi) is 5.83. The molecular formula is C12H19ClF3N3S. The molecule has 3 nitrogen and oxygen atoms in total. The molecule has 2 rings (SSSR count). The molecular weight excluding hydrogens is 311 g/mol. The Morgan fingerprint density at radius 3 is 2.35 bits per heavy atom. The fourth-order valence-electron chi connectivity index (χ4n) is 2.57. The van der Waals surface area contributed by atoms with Crippen molar-refractivity contribution < 1.29 is 13.2 Å². The molecule has 0 amide bonds. The topological polar surface area (TPSA) is 28.2 Å². The number of halogens is 4. The SMILES string of the molecule is Cc1nc(C(F)(F)F)c(CN2CC(C)NC(C)C2)s1.Cl. The van der Waals surface area contributed by atoms with Crippen LogP contribution in [0.4, 0.5) is 13.2 Å². The summed E-state index contributed by atoms with van der Waals surface area (Å²) in [7, 11) is 0. The zero-order chi connectivity index (χ0) is 14.2. The largest absolute Gasteiger partial charge is 0.434 e. The number of thiazole rings is 1. The predicted octanol–water partition coefficient (Wildman–Crippen LogP) is 3.07. The molecule has 8 heteroatoms. The Labute approximate surface area is 127 Å². The first-order chi connectivity index (χ1) is 8.75. The third kappa shape index (κ3) is 4.31. The summed E-state index contributed by atoms with van der Waals surface area (Å²) in [4.78, 5) is 6.03. The molecule has 116 valence electrons. The number of nitrogens with zero attached hydrogens (tertiary/aromatic N) is 2. The van der Waals surface area contributed by atoms with E-state index in [2.05, 4.69) is 15.2 Å². The highest BCUT2D eigenvalue weighted by atomic mass is 35.5. The van der Waals surface area contributed by atoms with Crippen LogP contribution in [0.1, 0.15) is 29.4 Å². The van der Waals surface area contributed by atoms with Crippen molar-refractivity contribution in [2.75, 3.05) is 13.1 Å². The van der Waals surface area contributed by atoms with Gasteiger partial charge in [-0.1, -0.05) is 0 Å². The molecule has 2 atom stereocenters. The van der Waals surface area contributed by atoms with Gasteiger partial charge in [0.05, 0.1) is 9.88 Å². The van der Waals surface area contributed by atoms with E-state index in [0.29, 0.717) is 28.5 Å².